The first-order valence-corrected chi connectivity index (χ1v) is 5.60. The van der Waals surface area contributed by atoms with E-state index in [1.54, 1.807) is 0 Å². The van der Waals surface area contributed by atoms with Crippen molar-refractivity contribution in [2.24, 2.45) is 0 Å². The number of alkyl halides is 4. The third-order valence-corrected chi connectivity index (χ3v) is 2.56. The van der Waals surface area contributed by atoms with Crippen LogP contribution in [0.3, 0.4) is 0 Å². The second kappa shape index (κ2) is 5.05. The van der Waals surface area contributed by atoms with E-state index >= 15 is 0 Å². The van der Waals surface area contributed by atoms with Gasteiger partial charge in [0.25, 0.3) is 5.69 Å². The zero-order valence-electron chi connectivity index (χ0n) is 8.99. The number of carbonyl (C=O) groups is 1. The predicted octanol–water partition coefficient (Wildman–Crippen LogP) is 3.58. The van der Waals surface area contributed by atoms with Gasteiger partial charge in [0.05, 0.1) is 20.9 Å². The van der Waals surface area contributed by atoms with E-state index in [0.717, 1.165) is 6.07 Å². The molecule has 0 aliphatic carbocycles. The summed E-state index contributed by atoms with van der Waals surface area (Å²) >= 11 is 2.92. The molecule has 0 saturated heterocycles. The van der Waals surface area contributed by atoms with Crippen molar-refractivity contribution in [3.8, 4) is 0 Å². The smallest absolute Gasteiger partial charge is 0.293 e. The molecule has 0 N–H and O–H groups in total. The maximum absolute atomic E-state index is 12.4. The Labute approximate surface area is 108 Å². The van der Waals surface area contributed by atoms with Crippen LogP contribution in [0.25, 0.3) is 0 Å². The van der Waals surface area contributed by atoms with E-state index in [2.05, 4.69) is 15.9 Å². The van der Waals surface area contributed by atoms with Crippen LogP contribution < -0.4 is 0 Å². The van der Waals surface area contributed by atoms with E-state index < -0.39 is 33.0 Å². The lowest BCUT2D eigenvalue weighted by atomic mass is 10.0. The lowest BCUT2D eigenvalue weighted by molar-refractivity contribution is -0.385. The summed E-state index contributed by atoms with van der Waals surface area (Å²) in [7, 11) is 0. The van der Waals surface area contributed by atoms with E-state index in [-0.39, 0.29) is 5.56 Å². The van der Waals surface area contributed by atoms with Crippen LogP contribution in [0.4, 0.5) is 18.9 Å². The number of ketones is 1. The lowest BCUT2D eigenvalue weighted by Crippen LogP contribution is -2.14. The minimum atomic E-state index is -4.69. The fourth-order valence-electron chi connectivity index (χ4n) is 1.28. The van der Waals surface area contributed by atoms with E-state index in [9.17, 15) is 28.1 Å². The topological polar surface area (TPSA) is 60.2 Å². The van der Waals surface area contributed by atoms with Gasteiger partial charge in [-0.25, -0.2) is 0 Å². The van der Waals surface area contributed by atoms with Gasteiger partial charge in [-0.05, 0) is 19.1 Å². The molecule has 0 bridgehead atoms. The zero-order valence-corrected chi connectivity index (χ0v) is 10.6. The molecular formula is C10H7BrF3NO3. The highest BCUT2D eigenvalue weighted by atomic mass is 79.9. The van der Waals surface area contributed by atoms with Crippen LogP contribution in [-0.4, -0.2) is 15.5 Å². The van der Waals surface area contributed by atoms with Crippen LogP contribution in [-0.2, 0) is 6.18 Å². The third kappa shape index (κ3) is 3.06. The van der Waals surface area contributed by atoms with Gasteiger partial charge in [-0.2, -0.15) is 13.2 Å². The molecule has 0 saturated carbocycles. The highest BCUT2D eigenvalue weighted by Gasteiger charge is 2.34. The van der Waals surface area contributed by atoms with Gasteiger partial charge in [-0.3, -0.25) is 14.9 Å². The number of nitrogens with zero attached hydrogens (tertiary/aromatic N) is 1. The van der Waals surface area contributed by atoms with Crippen molar-refractivity contribution in [1.29, 1.82) is 0 Å². The summed E-state index contributed by atoms with van der Waals surface area (Å²) in [5, 5.41) is 10.7. The summed E-state index contributed by atoms with van der Waals surface area (Å²) in [4.78, 5) is 20.6. The maximum atomic E-state index is 12.4. The van der Waals surface area contributed by atoms with Gasteiger partial charge in [0.2, 0.25) is 0 Å². The normalized spacial score (nSPS) is 13.2. The van der Waals surface area contributed by atoms with Crippen molar-refractivity contribution >= 4 is 27.4 Å². The Kier molecular flexibility index (Phi) is 4.10. The van der Waals surface area contributed by atoms with Crippen LogP contribution in [0.15, 0.2) is 18.2 Å². The number of hydrogen-bond donors (Lipinski definition) is 0. The fraction of sp³-hybridized carbons (Fsp3) is 0.300. The molecule has 4 nitrogen and oxygen atoms in total. The van der Waals surface area contributed by atoms with Gasteiger partial charge in [-0.1, -0.05) is 15.9 Å². The van der Waals surface area contributed by atoms with Gasteiger partial charge in [0.1, 0.15) is 0 Å². The number of nitro benzene ring substituents is 1. The molecular weight excluding hydrogens is 319 g/mol. The van der Waals surface area contributed by atoms with Crippen molar-refractivity contribution in [3.63, 3.8) is 0 Å². The molecule has 1 rings (SSSR count). The van der Waals surface area contributed by atoms with E-state index in [4.69, 9.17) is 0 Å². The number of hydrogen-bond acceptors (Lipinski definition) is 3. The second-order valence-electron chi connectivity index (χ2n) is 3.47. The van der Waals surface area contributed by atoms with Crippen LogP contribution in [0.2, 0.25) is 0 Å². The lowest BCUT2D eigenvalue weighted by Gasteiger charge is -2.09. The van der Waals surface area contributed by atoms with Crippen molar-refractivity contribution in [1.82, 2.24) is 0 Å². The molecule has 0 aliphatic rings. The van der Waals surface area contributed by atoms with Crippen molar-refractivity contribution in [2.45, 2.75) is 17.9 Å². The van der Waals surface area contributed by atoms with Gasteiger partial charge in [0, 0.05) is 6.07 Å². The number of benzene rings is 1. The molecule has 18 heavy (non-hydrogen) atoms. The Bertz CT molecular complexity index is 500. The average molecular weight is 326 g/mol. The van der Waals surface area contributed by atoms with E-state index in [1.165, 1.54) is 6.92 Å². The summed E-state index contributed by atoms with van der Waals surface area (Å²) in [6.45, 7) is 1.43. The minimum absolute atomic E-state index is 0.350. The van der Waals surface area contributed by atoms with Crippen LogP contribution in [0.1, 0.15) is 22.8 Å². The molecule has 1 aromatic rings. The Morgan fingerprint density at radius 3 is 2.39 bits per heavy atom. The van der Waals surface area contributed by atoms with Crippen LogP contribution in [0, 0.1) is 10.1 Å². The molecule has 0 fully saturated rings. The second-order valence-corrected chi connectivity index (χ2v) is 4.84. The molecule has 1 unspecified atom stereocenters. The molecule has 1 atom stereocenters. The van der Waals surface area contributed by atoms with Crippen LogP contribution in [0.5, 0.6) is 0 Å². The quantitative estimate of drug-likeness (QED) is 0.369. The Balaban J connectivity index is 3.39. The van der Waals surface area contributed by atoms with Gasteiger partial charge >= 0.3 is 6.18 Å². The zero-order chi connectivity index (χ0) is 14.1. The number of carbonyl (C=O) groups excluding carboxylic acids is 1. The number of rotatable bonds is 3. The minimum Gasteiger partial charge on any atom is -0.293 e. The average Bonchev–Trinajstić information content (AvgIpc) is 2.25. The Hall–Kier alpha value is -1.44. The van der Waals surface area contributed by atoms with Gasteiger partial charge in [-0.15, -0.1) is 0 Å². The van der Waals surface area contributed by atoms with E-state index in [1.807, 2.05) is 0 Å². The Morgan fingerprint density at radius 1 is 1.44 bits per heavy atom. The summed E-state index contributed by atoms with van der Waals surface area (Å²) in [5.41, 5.74) is -2.36. The van der Waals surface area contributed by atoms with Crippen LogP contribution >= 0.6 is 15.9 Å². The molecule has 8 heteroatoms. The summed E-state index contributed by atoms with van der Waals surface area (Å²) in [5.74, 6) is -0.643. The number of halogens is 4. The highest BCUT2D eigenvalue weighted by molar-refractivity contribution is 9.10. The monoisotopic (exact) mass is 325 g/mol. The molecule has 0 radical (unpaired) electrons. The maximum Gasteiger partial charge on any atom is 0.416 e. The summed E-state index contributed by atoms with van der Waals surface area (Å²) in [6.07, 6.45) is -4.69. The molecule has 0 spiro atoms. The van der Waals surface area contributed by atoms with Crippen molar-refractivity contribution in [2.75, 3.05) is 0 Å². The molecule has 0 amide bonds. The summed E-state index contributed by atoms with van der Waals surface area (Å²) < 4.78 is 37.2. The third-order valence-electron chi connectivity index (χ3n) is 2.15. The van der Waals surface area contributed by atoms with Crippen molar-refractivity contribution < 1.29 is 22.9 Å². The molecule has 0 heterocycles. The van der Waals surface area contributed by atoms with Gasteiger partial charge in [0.15, 0.2) is 5.78 Å². The first kappa shape index (κ1) is 14.6. The SMILES string of the molecule is CC(Br)C(=O)c1ccc(C(F)(F)F)cc1[N+](=O)[O-]. The number of Topliss-reactive ketones (excluding diaryl/α,β-unsaturated/α-hetero) is 1. The number of nitro groups is 1. The molecule has 0 aromatic heterocycles. The largest absolute Gasteiger partial charge is 0.416 e. The van der Waals surface area contributed by atoms with Gasteiger partial charge < -0.3 is 0 Å². The predicted molar refractivity (Wildman–Crippen MR) is 60.8 cm³/mol. The highest BCUT2D eigenvalue weighted by Crippen LogP contribution is 2.33. The van der Waals surface area contributed by atoms with E-state index in [0.29, 0.717) is 12.1 Å². The first-order chi connectivity index (χ1) is 8.14. The molecule has 1 aromatic carbocycles. The summed E-state index contributed by atoms with van der Waals surface area (Å²) in [6, 6.07) is 1.83. The first-order valence-electron chi connectivity index (χ1n) is 4.68. The Morgan fingerprint density at radius 2 is 2.00 bits per heavy atom. The molecule has 98 valence electrons. The standard InChI is InChI=1S/C10H7BrF3NO3/c1-5(11)9(16)7-3-2-6(10(12,13)14)4-8(7)15(17)18/h2-5H,1H3. The molecule has 0 aliphatic heterocycles. The van der Waals surface area contributed by atoms with Crippen molar-refractivity contribution in [3.05, 3.63) is 39.4 Å². The fourth-order valence-corrected chi connectivity index (χ4v) is 1.53.